The standard InChI is InChI=1S/C6H7FO7/c7-3(4(10)11)6(14,5(12)13)1-2(8)9/h3,14H,1H2,(H,8,9)(H,10,11)(H,12,13)/t3-,6-/m0/s1. The molecular formula is C6H7FO7. The number of alkyl halides is 1. The molecule has 0 amide bonds. The van der Waals surface area contributed by atoms with Gasteiger partial charge in [0.1, 0.15) is 0 Å². The van der Waals surface area contributed by atoms with Crippen molar-refractivity contribution in [2.24, 2.45) is 0 Å². The SMILES string of the molecule is O=C(O)C[C@@](O)(C(=O)O)[C@@H](F)C(=O)O. The Kier molecular flexibility index (Phi) is 3.52. The van der Waals surface area contributed by atoms with Crippen molar-refractivity contribution in [3.05, 3.63) is 0 Å². The molecule has 0 bridgehead atoms. The van der Waals surface area contributed by atoms with Crippen LogP contribution in [-0.2, 0) is 14.4 Å². The van der Waals surface area contributed by atoms with E-state index in [1.54, 1.807) is 0 Å². The summed E-state index contributed by atoms with van der Waals surface area (Å²) >= 11 is 0. The van der Waals surface area contributed by atoms with E-state index >= 15 is 0 Å². The summed E-state index contributed by atoms with van der Waals surface area (Å²) in [5.74, 6) is -6.30. The molecule has 0 aliphatic heterocycles. The van der Waals surface area contributed by atoms with Gasteiger partial charge in [-0.25, -0.2) is 14.0 Å². The van der Waals surface area contributed by atoms with Gasteiger partial charge in [-0.15, -0.1) is 0 Å². The third-order valence-electron chi connectivity index (χ3n) is 1.43. The van der Waals surface area contributed by atoms with Crippen LogP contribution in [0.1, 0.15) is 6.42 Å². The number of hydrogen-bond acceptors (Lipinski definition) is 4. The summed E-state index contributed by atoms with van der Waals surface area (Å²) in [6.07, 6.45) is -4.73. The molecule has 0 aliphatic carbocycles. The lowest BCUT2D eigenvalue weighted by Crippen LogP contribution is -2.52. The predicted molar refractivity (Wildman–Crippen MR) is 37.4 cm³/mol. The molecule has 0 aromatic rings. The first-order valence-corrected chi connectivity index (χ1v) is 3.26. The maximum absolute atomic E-state index is 12.7. The summed E-state index contributed by atoms with van der Waals surface area (Å²) in [6, 6.07) is 0. The topological polar surface area (TPSA) is 132 Å². The Morgan fingerprint density at radius 3 is 1.86 bits per heavy atom. The van der Waals surface area contributed by atoms with Gasteiger partial charge >= 0.3 is 17.9 Å². The van der Waals surface area contributed by atoms with E-state index < -0.39 is 36.1 Å². The first-order chi connectivity index (χ1) is 6.21. The average molecular weight is 210 g/mol. The molecule has 0 radical (unpaired) electrons. The molecule has 0 aromatic carbocycles. The molecule has 0 spiro atoms. The van der Waals surface area contributed by atoms with E-state index in [9.17, 15) is 18.8 Å². The highest BCUT2D eigenvalue weighted by atomic mass is 19.1. The maximum Gasteiger partial charge on any atom is 0.342 e. The molecule has 0 unspecified atom stereocenters. The Morgan fingerprint density at radius 2 is 1.64 bits per heavy atom. The summed E-state index contributed by atoms with van der Waals surface area (Å²) in [7, 11) is 0. The van der Waals surface area contributed by atoms with E-state index in [1.165, 1.54) is 0 Å². The zero-order valence-electron chi connectivity index (χ0n) is 6.68. The van der Waals surface area contributed by atoms with E-state index in [2.05, 4.69) is 0 Å². The molecule has 0 saturated carbocycles. The fraction of sp³-hybridized carbons (Fsp3) is 0.500. The zero-order chi connectivity index (χ0) is 11.5. The molecule has 2 atom stereocenters. The van der Waals surface area contributed by atoms with Gasteiger partial charge in [-0.1, -0.05) is 0 Å². The van der Waals surface area contributed by atoms with E-state index in [4.69, 9.17) is 20.4 Å². The number of aliphatic carboxylic acids is 3. The van der Waals surface area contributed by atoms with Crippen LogP contribution in [0.15, 0.2) is 0 Å². The molecule has 8 heteroatoms. The van der Waals surface area contributed by atoms with Crippen molar-refractivity contribution in [2.75, 3.05) is 0 Å². The normalized spacial score (nSPS) is 16.7. The Morgan fingerprint density at radius 1 is 1.21 bits per heavy atom. The fourth-order valence-corrected chi connectivity index (χ4v) is 0.708. The summed E-state index contributed by atoms with van der Waals surface area (Å²) in [5.41, 5.74) is -3.45. The van der Waals surface area contributed by atoms with Crippen molar-refractivity contribution >= 4 is 17.9 Å². The molecule has 0 heterocycles. The highest BCUT2D eigenvalue weighted by Crippen LogP contribution is 2.19. The highest BCUT2D eigenvalue weighted by molar-refractivity contribution is 5.90. The monoisotopic (exact) mass is 210 g/mol. The molecule has 0 aromatic heterocycles. The van der Waals surface area contributed by atoms with Crippen LogP contribution in [0.4, 0.5) is 4.39 Å². The van der Waals surface area contributed by atoms with Crippen molar-refractivity contribution in [2.45, 2.75) is 18.2 Å². The summed E-state index contributed by atoms with van der Waals surface area (Å²) in [6.45, 7) is 0. The van der Waals surface area contributed by atoms with E-state index in [1.807, 2.05) is 0 Å². The van der Waals surface area contributed by atoms with Gasteiger partial charge in [0, 0.05) is 0 Å². The van der Waals surface area contributed by atoms with Crippen LogP contribution >= 0.6 is 0 Å². The average Bonchev–Trinajstić information content (AvgIpc) is 2.00. The number of hydrogen-bond donors (Lipinski definition) is 4. The first kappa shape index (κ1) is 12.3. The lowest BCUT2D eigenvalue weighted by Gasteiger charge is -2.22. The van der Waals surface area contributed by atoms with Crippen LogP contribution in [0.2, 0.25) is 0 Å². The quantitative estimate of drug-likeness (QED) is 0.443. The van der Waals surface area contributed by atoms with E-state index in [0.717, 1.165) is 0 Å². The van der Waals surface area contributed by atoms with Crippen molar-refractivity contribution in [3.8, 4) is 0 Å². The molecular weight excluding hydrogens is 203 g/mol. The van der Waals surface area contributed by atoms with Gasteiger partial charge in [0.15, 0.2) is 0 Å². The minimum absolute atomic E-state index is 1.53. The third-order valence-corrected chi connectivity index (χ3v) is 1.43. The highest BCUT2D eigenvalue weighted by Gasteiger charge is 2.51. The number of carbonyl (C=O) groups is 3. The molecule has 0 aliphatic rings. The van der Waals surface area contributed by atoms with Gasteiger partial charge in [-0.2, -0.15) is 0 Å². The number of halogens is 1. The smallest absolute Gasteiger partial charge is 0.342 e. The minimum Gasteiger partial charge on any atom is -0.481 e. The molecule has 0 fully saturated rings. The number of aliphatic hydroxyl groups is 1. The van der Waals surface area contributed by atoms with Crippen LogP contribution in [0, 0.1) is 0 Å². The van der Waals surface area contributed by atoms with Crippen LogP contribution < -0.4 is 0 Å². The van der Waals surface area contributed by atoms with Gasteiger partial charge in [0.2, 0.25) is 11.8 Å². The number of rotatable bonds is 5. The molecule has 0 saturated heterocycles. The second-order valence-electron chi connectivity index (χ2n) is 2.50. The van der Waals surface area contributed by atoms with Crippen molar-refractivity contribution in [1.82, 2.24) is 0 Å². The Bertz CT molecular complexity index is 275. The third kappa shape index (κ3) is 2.39. The van der Waals surface area contributed by atoms with Gasteiger partial charge in [0.05, 0.1) is 6.42 Å². The van der Waals surface area contributed by atoms with Gasteiger partial charge in [-0.3, -0.25) is 4.79 Å². The van der Waals surface area contributed by atoms with E-state index in [-0.39, 0.29) is 0 Å². The lowest BCUT2D eigenvalue weighted by molar-refractivity contribution is -0.180. The van der Waals surface area contributed by atoms with Gasteiger partial charge < -0.3 is 20.4 Å². The largest absolute Gasteiger partial charge is 0.481 e. The number of carboxylic acid groups (broad SMARTS) is 3. The van der Waals surface area contributed by atoms with E-state index in [0.29, 0.717) is 0 Å². The van der Waals surface area contributed by atoms with Gasteiger partial charge in [0.25, 0.3) is 0 Å². The maximum atomic E-state index is 12.7. The summed E-state index contributed by atoms with van der Waals surface area (Å²) in [4.78, 5) is 30.4. The second kappa shape index (κ2) is 4.01. The second-order valence-corrected chi connectivity index (χ2v) is 2.50. The predicted octanol–water partition coefficient (Wildman–Crippen LogP) is -1.30. The Hall–Kier alpha value is -1.70. The Balaban J connectivity index is 4.99. The number of carboxylic acids is 3. The minimum atomic E-state index is -3.45. The molecule has 14 heavy (non-hydrogen) atoms. The van der Waals surface area contributed by atoms with Crippen LogP contribution in [-0.4, -0.2) is 50.1 Å². The molecule has 4 N–H and O–H groups in total. The lowest BCUT2D eigenvalue weighted by atomic mass is 9.94. The van der Waals surface area contributed by atoms with Gasteiger partial charge in [-0.05, 0) is 0 Å². The van der Waals surface area contributed by atoms with Crippen molar-refractivity contribution < 1.29 is 39.2 Å². The van der Waals surface area contributed by atoms with Crippen molar-refractivity contribution in [1.29, 1.82) is 0 Å². The zero-order valence-corrected chi connectivity index (χ0v) is 6.68. The molecule has 7 nitrogen and oxygen atoms in total. The fourth-order valence-electron chi connectivity index (χ4n) is 0.708. The molecule has 80 valence electrons. The van der Waals surface area contributed by atoms with Crippen LogP contribution in [0.3, 0.4) is 0 Å². The Labute approximate surface area is 76.4 Å². The molecule has 0 rings (SSSR count). The van der Waals surface area contributed by atoms with Crippen LogP contribution in [0.25, 0.3) is 0 Å². The first-order valence-electron chi connectivity index (χ1n) is 3.26. The van der Waals surface area contributed by atoms with Crippen molar-refractivity contribution in [3.63, 3.8) is 0 Å². The van der Waals surface area contributed by atoms with Crippen LogP contribution in [0.5, 0.6) is 0 Å². The summed E-state index contributed by atoms with van der Waals surface area (Å²) < 4.78 is 12.7. The summed E-state index contributed by atoms with van der Waals surface area (Å²) in [5, 5.41) is 33.5.